The highest BCUT2D eigenvalue weighted by molar-refractivity contribution is 6.31. The number of phenols is 1. The van der Waals surface area contributed by atoms with E-state index in [0.29, 0.717) is 11.6 Å². The molecule has 2 aromatic rings. The first kappa shape index (κ1) is 16.6. The zero-order chi connectivity index (χ0) is 16.7. The number of phenolic OH excluding ortho intramolecular Hbond substituents is 1. The third-order valence-corrected chi connectivity index (χ3v) is 3.46. The molecule has 118 valence electrons. The summed E-state index contributed by atoms with van der Waals surface area (Å²) in [6, 6.07) is 4.56. The van der Waals surface area contributed by atoms with Gasteiger partial charge in [-0.1, -0.05) is 11.6 Å². The fourth-order valence-corrected chi connectivity index (χ4v) is 2.55. The zero-order valence-corrected chi connectivity index (χ0v) is 12.2. The van der Waals surface area contributed by atoms with E-state index in [9.17, 15) is 22.7 Å². The van der Waals surface area contributed by atoms with E-state index in [1.54, 1.807) is 6.92 Å². The van der Waals surface area contributed by atoms with E-state index in [4.69, 9.17) is 17.3 Å². The highest BCUT2D eigenvalue weighted by Gasteiger charge is 2.35. The quantitative estimate of drug-likeness (QED) is 0.787. The lowest BCUT2D eigenvalue weighted by molar-refractivity contribution is -0.140. The molecule has 0 spiro atoms. The van der Waals surface area contributed by atoms with Crippen LogP contribution in [-0.4, -0.2) is 5.11 Å². The highest BCUT2D eigenvalue weighted by Crippen LogP contribution is 2.40. The standard InChI is InChI=1S/C15H12ClF4NO/c1-7-2-10(16)5-12(22)13(7)8-3-9(6-21)14(17)11(4-8)15(18,19)20/h2-5,22H,6,21H2,1H3. The summed E-state index contributed by atoms with van der Waals surface area (Å²) in [5.41, 5.74) is 4.27. The molecule has 0 amide bonds. The van der Waals surface area contributed by atoms with Crippen LogP contribution in [0.3, 0.4) is 0 Å². The monoisotopic (exact) mass is 333 g/mol. The maximum absolute atomic E-state index is 13.8. The molecule has 0 aliphatic rings. The van der Waals surface area contributed by atoms with Crippen LogP contribution in [0, 0.1) is 12.7 Å². The summed E-state index contributed by atoms with van der Waals surface area (Å²) in [4.78, 5) is 0. The van der Waals surface area contributed by atoms with E-state index in [1.165, 1.54) is 18.2 Å². The normalized spacial score (nSPS) is 11.8. The van der Waals surface area contributed by atoms with Gasteiger partial charge in [-0.15, -0.1) is 0 Å². The molecule has 0 aliphatic heterocycles. The van der Waals surface area contributed by atoms with Crippen molar-refractivity contribution in [3.05, 3.63) is 51.8 Å². The van der Waals surface area contributed by atoms with Gasteiger partial charge in [0.1, 0.15) is 11.6 Å². The molecule has 0 saturated heterocycles. The molecule has 0 aromatic heterocycles. The lowest BCUT2D eigenvalue weighted by atomic mass is 9.95. The minimum atomic E-state index is -4.86. The summed E-state index contributed by atoms with van der Waals surface area (Å²) in [5.74, 6) is -1.68. The SMILES string of the molecule is Cc1cc(Cl)cc(O)c1-c1cc(CN)c(F)c(C(F)(F)F)c1. The van der Waals surface area contributed by atoms with Gasteiger partial charge < -0.3 is 10.8 Å². The smallest absolute Gasteiger partial charge is 0.419 e. The second-order valence-corrected chi connectivity index (χ2v) is 5.25. The fraction of sp³-hybridized carbons (Fsp3) is 0.200. The molecule has 7 heteroatoms. The van der Waals surface area contributed by atoms with E-state index in [2.05, 4.69) is 0 Å². The number of aryl methyl sites for hydroxylation is 1. The van der Waals surface area contributed by atoms with Crippen molar-refractivity contribution in [1.82, 2.24) is 0 Å². The summed E-state index contributed by atoms with van der Waals surface area (Å²) < 4.78 is 52.7. The number of nitrogens with two attached hydrogens (primary N) is 1. The molecule has 2 aromatic carbocycles. The minimum absolute atomic E-state index is 0.0286. The lowest BCUT2D eigenvalue weighted by Gasteiger charge is -2.16. The first-order valence-electron chi connectivity index (χ1n) is 6.24. The van der Waals surface area contributed by atoms with Crippen molar-refractivity contribution in [2.24, 2.45) is 5.73 Å². The van der Waals surface area contributed by atoms with Crippen LogP contribution in [0.5, 0.6) is 5.75 Å². The number of hydrogen-bond donors (Lipinski definition) is 2. The number of rotatable bonds is 2. The summed E-state index contributed by atoms with van der Waals surface area (Å²) in [6.07, 6.45) is -4.86. The van der Waals surface area contributed by atoms with Gasteiger partial charge in [0.2, 0.25) is 0 Å². The van der Waals surface area contributed by atoms with Gasteiger partial charge in [-0.25, -0.2) is 4.39 Å². The van der Waals surface area contributed by atoms with Crippen LogP contribution in [0.4, 0.5) is 17.6 Å². The number of benzene rings is 2. The Labute approximate surface area is 129 Å². The predicted molar refractivity (Wildman–Crippen MR) is 76.1 cm³/mol. The molecule has 0 unspecified atom stereocenters. The average molecular weight is 334 g/mol. The molecule has 0 fully saturated rings. The Bertz CT molecular complexity index is 705. The first-order valence-corrected chi connectivity index (χ1v) is 6.62. The van der Waals surface area contributed by atoms with Crippen molar-refractivity contribution in [3.63, 3.8) is 0 Å². The molecular weight excluding hydrogens is 322 g/mol. The molecular formula is C15H12ClF4NO. The molecule has 0 heterocycles. The summed E-state index contributed by atoms with van der Waals surface area (Å²) in [7, 11) is 0. The summed E-state index contributed by atoms with van der Waals surface area (Å²) in [6.45, 7) is 1.19. The number of hydrogen-bond acceptors (Lipinski definition) is 2. The number of halogens is 5. The van der Waals surface area contributed by atoms with Gasteiger partial charge in [-0.05, 0) is 42.3 Å². The first-order chi connectivity index (χ1) is 10.1. The summed E-state index contributed by atoms with van der Waals surface area (Å²) in [5, 5.41) is 10.2. The molecule has 3 N–H and O–H groups in total. The van der Waals surface area contributed by atoms with Gasteiger partial charge in [-0.3, -0.25) is 0 Å². The Morgan fingerprint density at radius 3 is 2.32 bits per heavy atom. The van der Waals surface area contributed by atoms with E-state index >= 15 is 0 Å². The van der Waals surface area contributed by atoms with Gasteiger partial charge in [0, 0.05) is 22.7 Å². The van der Waals surface area contributed by atoms with Crippen LogP contribution in [0.15, 0.2) is 24.3 Å². The number of aromatic hydroxyl groups is 1. The molecule has 0 radical (unpaired) electrons. The van der Waals surface area contributed by atoms with Crippen LogP contribution >= 0.6 is 11.6 Å². The van der Waals surface area contributed by atoms with Crippen molar-refractivity contribution < 1.29 is 22.7 Å². The fourth-order valence-electron chi connectivity index (χ4n) is 2.28. The number of alkyl halides is 3. The van der Waals surface area contributed by atoms with Crippen LogP contribution in [-0.2, 0) is 12.7 Å². The second kappa shape index (κ2) is 5.78. The maximum atomic E-state index is 13.8. The third kappa shape index (κ3) is 3.03. The Morgan fingerprint density at radius 2 is 1.82 bits per heavy atom. The molecule has 0 atom stereocenters. The van der Waals surface area contributed by atoms with Crippen molar-refractivity contribution in [2.75, 3.05) is 0 Å². The van der Waals surface area contributed by atoms with E-state index < -0.39 is 24.1 Å². The topological polar surface area (TPSA) is 46.2 Å². The Hall–Kier alpha value is -1.79. The largest absolute Gasteiger partial charge is 0.507 e. The van der Waals surface area contributed by atoms with Gasteiger partial charge in [0.25, 0.3) is 0 Å². The Morgan fingerprint density at radius 1 is 1.18 bits per heavy atom. The second-order valence-electron chi connectivity index (χ2n) is 4.82. The van der Waals surface area contributed by atoms with Crippen LogP contribution in [0.2, 0.25) is 5.02 Å². The van der Waals surface area contributed by atoms with Crippen molar-refractivity contribution in [3.8, 4) is 16.9 Å². The third-order valence-electron chi connectivity index (χ3n) is 3.24. The van der Waals surface area contributed by atoms with Crippen molar-refractivity contribution >= 4 is 11.6 Å². The van der Waals surface area contributed by atoms with Crippen molar-refractivity contribution in [2.45, 2.75) is 19.6 Å². The Kier molecular flexibility index (Phi) is 4.35. The van der Waals surface area contributed by atoms with Crippen LogP contribution in [0.1, 0.15) is 16.7 Å². The molecule has 0 saturated carbocycles. The van der Waals surface area contributed by atoms with Gasteiger partial charge in [0.05, 0.1) is 5.56 Å². The molecule has 2 nitrogen and oxygen atoms in total. The molecule has 2 rings (SSSR count). The van der Waals surface area contributed by atoms with Crippen LogP contribution in [0.25, 0.3) is 11.1 Å². The zero-order valence-electron chi connectivity index (χ0n) is 11.4. The lowest BCUT2D eigenvalue weighted by Crippen LogP contribution is -2.12. The average Bonchev–Trinajstić information content (AvgIpc) is 2.37. The summed E-state index contributed by atoms with van der Waals surface area (Å²) >= 11 is 5.78. The van der Waals surface area contributed by atoms with E-state index in [1.807, 2.05) is 0 Å². The highest BCUT2D eigenvalue weighted by atomic mass is 35.5. The Balaban J connectivity index is 2.77. The predicted octanol–water partition coefficient (Wildman–Crippen LogP) is 4.64. The molecule has 22 heavy (non-hydrogen) atoms. The van der Waals surface area contributed by atoms with Gasteiger partial charge in [-0.2, -0.15) is 13.2 Å². The van der Waals surface area contributed by atoms with E-state index in [-0.39, 0.29) is 27.5 Å². The molecule has 0 bridgehead atoms. The minimum Gasteiger partial charge on any atom is -0.507 e. The molecule has 0 aliphatic carbocycles. The van der Waals surface area contributed by atoms with Crippen molar-refractivity contribution in [1.29, 1.82) is 0 Å². The van der Waals surface area contributed by atoms with Gasteiger partial charge in [0.15, 0.2) is 0 Å². The van der Waals surface area contributed by atoms with Gasteiger partial charge >= 0.3 is 6.18 Å². The van der Waals surface area contributed by atoms with Crippen LogP contribution < -0.4 is 5.73 Å². The van der Waals surface area contributed by atoms with E-state index in [0.717, 1.165) is 0 Å². The maximum Gasteiger partial charge on any atom is 0.419 e.